The van der Waals surface area contributed by atoms with Crippen molar-refractivity contribution in [2.24, 2.45) is 0 Å². The van der Waals surface area contributed by atoms with Crippen LogP contribution >= 0.6 is 0 Å². The van der Waals surface area contributed by atoms with Crippen LogP contribution in [-0.2, 0) is 6.54 Å². The van der Waals surface area contributed by atoms with E-state index in [1.165, 1.54) is 0 Å². The van der Waals surface area contributed by atoms with Crippen LogP contribution in [0.3, 0.4) is 0 Å². The van der Waals surface area contributed by atoms with Gasteiger partial charge in [-0.2, -0.15) is 5.10 Å². The first-order chi connectivity index (χ1) is 10.3. The number of nitrogens with zero attached hydrogens (tertiary/aromatic N) is 2. The van der Waals surface area contributed by atoms with Crippen molar-refractivity contribution in [3.8, 4) is 0 Å². The van der Waals surface area contributed by atoms with Crippen LogP contribution in [0.15, 0.2) is 42.7 Å². The third kappa shape index (κ3) is 3.80. The Morgan fingerprint density at radius 2 is 2.05 bits per heavy atom. The first kappa shape index (κ1) is 13.6. The normalized spacial score (nSPS) is 15.0. The minimum absolute atomic E-state index is 0.115. The lowest BCUT2D eigenvalue weighted by molar-refractivity contribution is 0.249. The van der Waals surface area contributed by atoms with Crippen LogP contribution in [0.4, 0.5) is 10.5 Å². The summed E-state index contributed by atoms with van der Waals surface area (Å²) in [6.45, 7) is 2.19. The molecule has 7 heteroatoms. The predicted molar refractivity (Wildman–Crippen MR) is 79.7 cm³/mol. The van der Waals surface area contributed by atoms with Gasteiger partial charge in [0.05, 0.1) is 12.6 Å². The molecule has 7 nitrogen and oxygen atoms in total. The third-order valence-electron chi connectivity index (χ3n) is 3.27. The molecule has 3 rings (SSSR count). The molecular weight excluding hydrogens is 268 g/mol. The first-order valence-electron chi connectivity index (χ1n) is 6.89. The van der Waals surface area contributed by atoms with Crippen molar-refractivity contribution in [2.75, 3.05) is 18.4 Å². The fraction of sp³-hybridized carbons (Fsp3) is 0.286. The molecule has 0 bridgehead atoms. The molecule has 0 aliphatic carbocycles. The standard InChI is InChI=1S/C14H18N6O/c21-14(19-13-8-15-16-9-13)18-12-4-2-11(3-5-12)10-20-7-1-6-17-20/h1-7,13,15-16H,8-10H2,(H2,18,19,21). The zero-order chi connectivity index (χ0) is 14.5. The van der Waals surface area contributed by atoms with E-state index >= 15 is 0 Å². The van der Waals surface area contributed by atoms with Crippen molar-refractivity contribution in [1.82, 2.24) is 25.9 Å². The number of rotatable bonds is 4. The molecule has 1 aliphatic heterocycles. The molecule has 0 atom stereocenters. The van der Waals surface area contributed by atoms with Gasteiger partial charge in [0.25, 0.3) is 0 Å². The summed E-state index contributed by atoms with van der Waals surface area (Å²) in [6.07, 6.45) is 3.68. The summed E-state index contributed by atoms with van der Waals surface area (Å²) in [4.78, 5) is 11.8. The number of carbonyl (C=O) groups excluding carboxylic acids is 1. The average molecular weight is 286 g/mol. The zero-order valence-electron chi connectivity index (χ0n) is 11.5. The molecule has 2 heterocycles. The van der Waals surface area contributed by atoms with E-state index in [4.69, 9.17) is 0 Å². The molecule has 0 spiro atoms. The maximum Gasteiger partial charge on any atom is 0.319 e. The van der Waals surface area contributed by atoms with Crippen molar-refractivity contribution in [1.29, 1.82) is 0 Å². The molecule has 1 fully saturated rings. The van der Waals surface area contributed by atoms with Gasteiger partial charge in [-0.15, -0.1) is 0 Å². The SMILES string of the molecule is O=C(Nc1ccc(Cn2cccn2)cc1)NC1CNNC1. The lowest BCUT2D eigenvalue weighted by Gasteiger charge is -2.12. The predicted octanol–water partition coefficient (Wildman–Crippen LogP) is 0.529. The van der Waals surface area contributed by atoms with Crippen molar-refractivity contribution < 1.29 is 4.79 Å². The molecule has 0 saturated carbocycles. The Kier molecular flexibility index (Phi) is 4.13. The number of anilines is 1. The van der Waals surface area contributed by atoms with Gasteiger partial charge in [-0.05, 0) is 23.8 Å². The smallest absolute Gasteiger partial charge is 0.319 e. The highest BCUT2D eigenvalue weighted by atomic mass is 16.2. The topological polar surface area (TPSA) is 83.0 Å². The summed E-state index contributed by atoms with van der Waals surface area (Å²) < 4.78 is 1.86. The van der Waals surface area contributed by atoms with E-state index in [1.54, 1.807) is 6.20 Å². The number of benzene rings is 1. The molecule has 21 heavy (non-hydrogen) atoms. The fourth-order valence-corrected chi connectivity index (χ4v) is 2.19. The number of hydrogen-bond acceptors (Lipinski definition) is 4. The maximum absolute atomic E-state index is 11.8. The minimum Gasteiger partial charge on any atom is -0.332 e. The summed E-state index contributed by atoms with van der Waals surface area (Å²) in [5.41, 5.74) is 7.85. The van der Waals surface area contributed by atoms with Crippen molar-refractivity contribution >= 4 is 11.7 Å². The van der Waals surface area contributed by atoms with Gasteiger partial charge in [-0.3, -0.25) is 15.5 Å². The van der Waals surface area contributed by atoms with Crippen LogP contribution in [0, 0.1) is 0 Å². The fourth-order valence-electron chi connectivity index (χ4n) is 2.19. The summed E-state index contributed by atoms with van der Waals surface area (Å²) in [5, 5.41) is 9.88. The lowest BCUT2D eigenvalue weighted by Crippen LogP contribution is -2.40. The molecule has 1 saturated heterocycles. The van der Waals surface area contributed by atoms with Gasteiger partial charge in [0, 0.05) is 31.2 Å². The van der Waals surface area contributed by atoms with Crippen molar-refractivity contribution in [3.63, 3.8) is 0 Å². The highest BCUT2D eigenvalue weighted by Crippen LogP contribution is 2.10. The number of amides is 2. The maximum atomic E-state index is 11.8. The monoisotopic (exact) mass is 286 g/mol. The van der Waals surface area contributed by atoms with E-state index in [0.717, 1.165) is 30.9 Å². The number of hydrogen-bond donors (Lipinski definition) is 4. The highest BCUT2D eigenvalue weighted by Gasteiger charge is 2.16. The second-order valence-corrected chi connectivity index (χ2v) is 4.96. The number of carbonyl (C=O) groups is 1. The third-order valence-corrected chi connectivity index (χ3v) is 3.27. The average Bonchev–Trinajstić information content (AvgIpc) is 3.14. The minimum atomic E-state index is -0.190. The highest BCUT2D eigenvalue weighted by molar-refractivity contribution is 5.89. The van der Waals surface area contributed by atoms with Gasteiger partial charge >= 0.3 is 6.03 Å². The summed E-state index contributed by atoms with van der Waals surface area (Å²) in [7, 11) is 0. The van der Waals surface area contributed by atoms with E-state index in [-0.39, 0.29) is 12.1 Å². The second-order valence-electron chi connectivity index (χ2n) is 4.96. The Hall–Kier alpha value is -2.38. The largest absolute Gasteiger partial charge is 0.332 e. The molecular formula is C14H18N6O. The van der Waals surface area contributed by atoms with Crippen LogP contribution in [0.2, 0.25) is 0 Å². The molecule has 1 aromatic heterocycles. The summed E-state index contributed by atoms with van der Waals surface area (Å²) in [5.74, 6) is 0. The number of urea groups is 1. The zero-order valence-corrected chi connectivity index (χ0v) is 11.5. The molecule has 0 unspecified atom stereocenters. The van der Waals surface area contributed by atoms with E-state index in [9.17, 15) is 4.79 Å². The van der Waals surface area contributed by atoms with Crippen LogP contribution in [-0.4, -0.2) is 34.9 Å². The van der Waals surface area contributed by atoms with Crippen molar-refractivity contribution in [3.05, 3.63) is 48.3 Å². The quantitative estimate of drug-likeness (QED) is 0.661. The summed E-state index contributed by atoms with van der Waals surface area (Å²) >= 11 is 0. The van der Waals surface area contributed by atoms with E-state index < -0.39 is 0 Å². The number of aromatic nitrogens is 2. The van der Waals surface area contributed by atoms with Gasteiger partial charge in [-0.1, -0.05) is 12.1 Å². The van der Waals surface area contributed by atoms with E-state index in [1.807, 2.05) is 41.2 Å². The van der Waals surface area contributed by atoms with Crippen LogP contribution < -0.4 is 21.5 Å². The molecule has 0 radical (unpaired) electrons. The Morgan fingerprint density at radius 1 is 1.29 bits per heavy atom. The number of hydrazine groups is 1. The molecule has 1 aliphatic rings. The van der Waals surface area contributed by atoms with Gasteiger partial charge in [0.2, 0.25) is 0 Å². The van der Waals surface area contributed by atoms with Gasteiger partial charge in [0.1, 0.15) is 0 Å². The van der Waals surface area contributed by atoms with Crippen LogP contribution in [0.1, 0.15) is 5.56 Å². The van der Waals surface area contributed by atoms with Gasteiger partial charge < -0.3 is 10.6 Å². The first-order valence-corrected chi connectivity index (χ1v) is 6.89. The van der Waals surface area contributed by atoms with Gasteiger partial charge in [0.15, 0.2) is 0 Å². The van der Waals surface area contributed by atoms with Crippen LogP contribution in [0.25, 0.3) is 0 Å². The Bertz CT molecular complexity index is 574. The second kappa shape index (κ2) is 6.38. The van der Waals surface area contributed by atoms with Crippen molar-refractivity contribution in [2.45, 2.75) is 12.6 Å². The van der Waals surface area contributed by atoms with Crippen LogP contribution in [0.5, 0.6) is 0 Å². The van der Waals surface area contributed by atoms with E-state index in [0.29, 0.717) is 0 Å². The molecule has 2 aromatic rings. The molecule has 2 amide bonds. The Balaban J connectivity index is 1.52. The Morgan fingerprint density at radius 3 is 2.71 bits per heavy atom. The summed E-state index contributed by atoms with van der Waals surface area (Å²) in [6, 6.07) is 9.57. The van der Waals surface area contributed by atoms with E-state index in [2.05, 4.69) is 26.6 Å². The van der Waals surface area contributed by atoms with Gasteiger partial charge in [-0.25, -0.2) is 4.79 Å². The molecule has 4 N–H and O–H groups in total. The Labute approximate surface area is 122 Å². The molecule has 1 aromatic carbocycles. The number of nitrogens with one attached hydrogen (secondary N) is 4. The lowest BCUT2D eigenvalue weighted by atomic mass is 10.2. The molecule has 110 valence electrons.